The molecule has 0 N–H and O–H groups in total. The van der Waals surface area contributed by atoms with Crippen molar-refractivity contribution < 1.29 is 0 Å². The molecule has 0 aliphatic heterocycles. The number of thiophene rings is 1. The van der Waals surface area contributed by atoms with E-state index in [1.165, 1.54) is 113 Å². The van der Waals surface area contributed by atoms with Gasteiger partial charge in [0.25, 0.3) is 0 Å². The maximum atomic E-state index is 2.45. The van der Waals surface area contributed by atoms with E-state index in [4.69, 9.17) is 0 Å². The summed E-state index contributed by atoms with van der Waals surface area (Å²) in [5, 5.41) is 12.8. The van der Waals surface area contributed by atoms with Gasteiger partial charge < -0.3 is 4.57 Å². The fraction of sp³-hybridized carbons (Fsp3) is 0. The van der Waals surface area contributed by atoms with E-state index in [1.807, 2.05) is 11.3 Å². The summed E-state index contributed by atoms with van der Waals surface area (Å²) in [5.41, 5.74) is 11.2. The first-order valence-corrected chi connectivity index (χ1v) is 20.1. The molecular weight excluding hydrogens is 695 g/mol. The molecule has 12 aromatic rings. The fourth-order valence-electron chi connectivity index (χ4n) is 9.38. The largest absolute Gasteiger partial charge is 0.309 e. The topological polar surface area (TPSA) is 4.93 Å². The molecule has 0 aliphatic rings. The molecule has 2 heteroatoms. The van der Waals surface area contributed by atoms with E-state index < -0.39 is 0 Å². The van der Waals surface area contributed by atoms with E-state index in [-0.39, 0.29) is 0 Å². The first-order valence-electron chi connectivity index (χ1n) is 19.3. The van der Waals surface area contributed by atoms with E-state index in [1.54, 1.807) is 0 Å². The molecule has 2 aromatic heterocycles. The summed E-state index contributed by atoms with van der Waals surface area (Å²) in [6.07, 6.45) is 0. The van der Waals surface area contributed by atoms with Crippen molar-refractivity contribution in [1.29, 1.82) is 0 Å². The summed E-state index contributed by atoms with van der Waals surface area (Å²) < 4.78 is 5.03. The molecule has 0 unspecified atom stereocenters. The van der Waals surface area contributed by atoms with E-state index >= 15 is 0 Å². The summed E-state index contributed by atoms with van der Waals surface area (Å²) in [6.45, 7) is 0. The van der Waals surface area contributed by atoms with E-state index in [0.717, 1.165) is 0 Å². The van der Waals surface area contributed by atoms with Crippen LogP contribution in [0.4, 0.5) is 0 Å². The van der Waals surface area contributed by atoms with Crippen LogP contribution in [-0.2, 0) is 0 Å². The Morgan fingerprint density at radius 1 is 0.304 bits per heavy atom. The average Bonchev–Trinajstić information content (AvgIpc) is 3.79. The lowest BCUT2D eigenvalue weighted by Crippen LogP contribution is -1.93. The van der Waals surface area contributed by atoms with Gasteiger partial charge in [0, 0.05) is 36.6 Å². The molecule has 0 spiro atoms. The zero-order chi connectivity index (χ0) is 36.7. The number of hydrogen-bond donors (Lipinski definition) is 0. The second kappa shape index (κ2) is 12.3. The maximum absolute atomic E-state index is 2.45. The lowest BCUT2D eigenvalue weighted by Gasteiger charge is -2.20. The van der Waals surface area contributed by atoms with Crippen LogP contribution in [0.5, 0.6) is 0 Å². The highest BCUT2D eigenvalue weighted by molar-refractivity contribution is 7.25. The first kappa shape index (κ1) is 31.4. The maximum Gasteiger partial charge on any atom is 0.0555 e. The summed E-state index contributed by atoms with van der Waals surface area (Å²) in [5.74, 6) is 0. The molecule has 0 radical (unpaired) electrons. The Balaban J connectivity index is 1.11. The third-order valence-corrected chi connectivity index (χ3v) is 12.9. The SMILES string of the molecule is c1ccc(-n2c3ccccc3c3cc4c(cc32)sc2ccc(-c3c5ccccc5c(-c5ccccc5-c5cccc6ccccc56)c5ccccc35)cc24)cc1. The van der Waals surface area contributed by atoms with Crippen molar-refractivity contribution in [2.75, 3.05) is 0 Å². The van der Waals surface area contributed by atoms with E-state index in [9.17, 15) is 0 Å². The van der Waals surface area contributed by atoms with Gasteiger partial charge in [-0.15, -0.1) is 11.3 Å². The number of aromatic nitrogens is 1. The lowest BCUT2D eigenvalue weighted by atomic mass is 9.83. The van der Waals surface area contributed by atoms with Crippen LogP contribution >= 0.6 is 11.3 Å². The van der Waals surface area contributed by atoms with Gasteiger partial charge in [0.1, 0.15) is 0 Å². The highest BCUT2D eigenvalue weighted by atomic mass is 32.1. The van der Waals surface area contributed by atoms with Crippen LogP contribution in [0.2, 0.25) is 0 Å². The number of rotatable bonds is 4. The minimum Gasteiger partial charge on any atom is -0.309 e. The predicted octanol–water partition coefficient (Wildman–Crippen LogP) is 15.6. The second-order valence-corrected chi connectivity index (χ2v) is 15.9. The minimum absolute atomic E-state index is 1.18. The van der Waals surface area contributed by atoms with Crippen LogP contribution < -0.4 is 0 Å². The smallest absolute Gasteiger partial charge is 0.0555 e. The molecule has 0 fully saturated rings. The zero-order valence-electron chi connectivity index (χ0n) is 30.4. The van der Waals surface area contributed by atoms with Crippen molar-refractivity contribution in [1.82, 2.24) is 4.57 Å². The number of para-hydroxylation sites is 2. The molecule has 0 saturated heterocycles. The normalized spacial score (nSPS) is 11.9. The van der Waals surface area contributed by atoms with Crippen molar-refractivity contribution >= 4 is 85.6 Å². The Labute approximate surface area is 327 Å². The van der Waals surface area contributed by atoms with Gasteiger partial charge in [-0.25, -0.2) is 0 Å². The molecule has 0 bridgehead atoms. The number of nitrogens with zero attached hydrogens (tertiary/aromatic N) is 1. The Kier molecular flexibility index (Phi) is 6.87. The number of benzene rings is 10. The number of hydrogen-bond acceptors (Lipinski definition) is 1. The van der Waals surface area contributed by atoms with Gasteiger partial charge in [0.05, 0.1) is 11.0 Å². The Morgan fingerprint density at radius 3 is 1.64 bits per heavy atom. The first-order chi connectivity index (χ1) is 27.8. The highest BCUT2D eigenvalue weighted by Crippen LogP contribution is 2.48. The van der Waals surface area contributed by atoms with Crippen LogP contribution in [0.1, 0.15) is 0 Å². The Morgan fingerprint density at radius 2 is 0.875 bits per heavy atom. The van der Waals surface area contributed by atoms with E-state index in [2.05, 4.69) is 205 Å². The Bertz CT molecular complexity index is 3470. The van der Waals surface area contributed by atoms with Crippen molar-refractivity contribution in [2.45, 2.75) is 0 Å². The van der Waals surface area contributed by atoms with Crippen LogP contribution in [0.15, 0.2) is 200 Å². The summed E-state index contributed by atoms with van der Waals surface area (Å²) >= 11 is 1.89. The second-order valence-electron chi connectivity index (χ2n) is 14.8. The summed E-state index contributed by atoms with van der Waals surface area (Å²) in [7, 11) is 0. The third-order valence-electron chi connectivity index (χ3n) is 11.8. The molecule has 1 nitrogen and oxygen atoms in total. The lowest BCUT2D eigenvalue weighted by molar-refractivity contribution is 1.18. The molecule has 56 heavy (non-hydrogen) atoms. The van der Waals surface area contributed by atoms with Crippen molar-refractivity contribution in [3.63, 3.8) is 0 Å². The summed E-state index contributed by atoms with van der Waals surface area (Å²) in [6, 6.07) is 73.9. The van der Waals surface area contributed by atoms with Gasteiger partial charge in [0.2, 0.25) is 0 Å². The van der Waals surface area contributed by atoms with Crippen molar-refractivity contribution in [3.8, 4) is 39.1 Å². The molecule has 260 valence electrons. The molecule has 0 atom stereocenters. The molecule has 10 aromatic carbocycles. The van der Waals surface area contributed by atoms with Gasteiger partial charge >= 0.3 is 0 Å². The van der Waals surface area contributed by atoms with Crippen LogP contribution in [0, 0.1) is 0 Å². The third kappa shape index (κ3) is 4.60. The molecular formula is C54H33NS. The number of fused-ring (bicyclic) bond motifs is 9. The van der Waals surface area contributed by atoms with Crippen LogP contribution in [0.3, 0.4) is 0 Å². The average molecular weight is 728 g/mol. The predicted molar refractivity (Wildman–Crippen MR) is 242 cm³/mol. The Hall–Kier alpha value is -7.00. The van der Waals surface area contributed by atoms with Crippen LogP contribution in [-0.4, -0.2) is 4.57 Å². The monoisotopic (exact) mass is 727 g/mol. The van der Waals surface area contributed by atoms with Gasteiger partial charge in [0.15, 0.2) is 0 Å². The standard InChI is InChI=1S/C54H33NS/c1-2-17-36(18-3-1)55-49-28-13-12-21-40(49)46-32-48-47-31-35(29-30-51(47)56-52(48)33-50(46)55)53-42-23-8-10-25-44(42)54(45-26-11-9-24-43(45)53)41-22-7-6-20-39(41)38-27-14-16-34-15-4-5-19-37(34)38/h1-33H. The van der Waals surface area contributed by atoms with Crippen molar-refractivity contribution in [3.05, 3.63) is 200 Å². The van der Waals surface area contributed by atoms with Gasteiger partial charge in [-0.2, -0.15) is 0 Å². The molecule has 12 rings (SSSR count). The highest BCUT2D eigenvalue weighted by Gasteiger charge is 2.21. The van der Waals surface area contributed by atoms with Gasteiger partial charge in [-0.3, -0.25) is 0 Å². The molecule has 0 amide bonds. The molecule has 2 heterocycles. The molecule has 0 aliphatic carbocycles. The van der Waals surface area contributed by atoms with Gasteiger partial charge in [-0.1, -0.05) is 158 Å². The zero-order valence-corrected chi connectivity index (χ0v) is 31.2. The molecule has 0 saturated carbocycles. The fourth-order valence-corrected chi connectivity index (χ4v) is 10.5. The van der Waals surface area contributed by atoms with Crippen molar-refractivity contribution in [2.24, 2.45) is 0 Å². The minimum atomic E-state index is 1.18. The van der Waals surface area contributed by atoms with Gasteiger partial charge in [-0.05, 0) is 108 Å². The quantitative estimate of drug-likeness (QED) is 0.159. The van der Waals surface area contributed by atoms with E-state index in [0.29, 0.717) is 0 Å². The summed E-state index contributed by atoms with van der Waals surface area (Å²) in [4.78, 5) is 0. The van der Waals surface area contributed by atoms with Crippen LogP contribution in [0.25, 0.3) is 113 Å².